The topological polar surface area (TPSA) is 82.6 Å². The molecule has 0 aliphatic carbocycles. The van der Waals surface area contributed by atoms with Crippen LogP contribution >= 0.6 is 11.8 Å². The Morgan fingerprint density at radius 3 is 2.16 bits per heavy atom. The number of aromatic nitrogens is 2. The van der Waals surface area contributed by atoms with Crippen LogP contribution in [0.15, 0.2) is 52.5 Å². The molecule has 168 valence electrons. The van der Waals surface area contributed by atoms with Gasteiger partial charge in [0.2, 0.25) is 11.7 Å². The highest BCUT2D eigenvalue weighted by Gasteiger charge is 2.16. The molecule has 3 rings (SSSR count). The Morgan fingerprint density at radius 2 is 1.56 bits per heavy atom. The predicted octanol–water partition coefficient (Wildman–Crippen LogP) is 4.84. The normalized spacial score (nSPS) is 10.5. The van der Waals surface area contributed by atoms with Gasteiger partial charge < -0.3 is 19.5 Å². The van der Waals surface area contributed by atoms with Gasteiger partial charge in [-0.3, -0.25) is 4.79 Å². The molecule has 0 radical (unpaired) electrons. The van der Waals surface area contributed by atoms with E-state index in [1.807, 2.05) is 56.3 Å². The van der Waals surface area contributed by atoms with Gasteiger partial charge in [-0.25, -0.2) is 9.97 Å². The Hall–Kier alpha value is -3.26. The van der Waals surface area contributed by atoms with Gasteiger partial charge in [-0.15, -0.1) is 0 Å². The first-order valence-corrected chi connectivity index (χ1v) is 10.9. The molecule has 0 atom stereocenters. The molecule has 0 fully saturated rings. The molecule has 0 bridgehead atoms. The van der Waals surface area contributed by atoms with Crippen molar-refractivity contribution in [2.24, 2.45) is 0 Å². The third-order valence-electron chi connectivity index (χ3n) is 4.72. The zero-order chi connectivity index (χ0) is 23.1. The Bertz CT molecular complexity index is 1070. The maximum absolute atomic E-state index is 12.5. The number of methoxy groups -OCH3 is 3. The van der Waals surface area contributed by atoms with Gasteiger partial charge >= 0.3 is 0 Å². The van der Waals surface area contributed by atoms with E-state index in [2.05, 4.69) is 15.3 Å². The maximum Gasteiger partial charge on any atom is 0.224 e. The van der Waals surface area contributed by atoms with E-state index in [1.54, 1.807) is 21.3 Å². The molecular weight excluding hydrogens is 426 g/mol. The second-order valence-corrected chi connectivity index (χ2v) is 8.14. The maximum atomic E-state index is 12.5. The molecule has 0 unspecified atom stereocenters. The molecule has 0 saturated carbocycles. The van der Waals surface area contributed by atoms with Crippen molar-refractivity contribution in [3.8, 4) is 17.2 Å². The third kappa shape index (κ3) is 5.91. The molecule has 0 aliphatic heterocycles. The minimum Gasteiger partial charge on any atom is -0.493 e. The highest BCUT2D eigenvalue weighted by atomic mass is 32.2. The zero-order valence-corrected chi connectivity index (χ0v) is 19.7. The quantitative estimate of drug-likeness (QED) is 0.464. The van der Waals surface area contributed by atoms with Gasteiger partial charge in [0, 0.05) is 28.4 Å². The van der Waals surface area contributed by atoms with Crippen LogP contribution in [0.5, 0.6) is 17.2 Å². The van der Waals surface area contributed by atoms with Crippen molar-refractivity contribution in [1.29, 1.82) is 0 Å². The van der Waals surface area contributed by atoms with E-state index in [1.165, 1.54) is 11.8 Å². The van der Waals surface area contributed by atoms with Crippen LogP contribution in [0, 0.1) is 13.8 Å². The van der Waals surface area contributed by atoms with Gasteiger partial charge in [0.1, 0.15) is 0 Å². The van der Waals surface area contributed by atoms with Crippen molar-refractivity contribution in [2.75, 3.05) is 26.6 Å². The van der Waals surface area contributed by atoms with E-state index < -0.39 is 0 Å². The van der Waals surface area contributed by atoms with Gasteiger partial charge in [-0.2, -0.15) is 0 Å². The van der Waals surface area contributed by atoms with E-state index in [0.29, 0.717) is 35.2 Å². The number of amides is 1. The first kappa shape index (κ1) is 23.4. The molecule has 7 nitrogen and oxygen atoms in total. The Kier molecular flexibility index (Phi) is 7.94. The van der Waals surface area contributed by atoms with Crippen molar-refractivity contribution in [1.82, 2.24) is 9.97 Å². The Labute approximate surface area is 192 Å². The molecule has 0 spiro atoms. The summed E-state index contributed by atoms with van der Waals surface area (Å²) < 4.78 is 16.2. The van der Waals surface area contributed by atoms with E-state index in [9.17, 15) is 4.79 Å². The van der Waals surface area contributed by atoms with Crippen LogP contribution in [-0.2, 0) is 11.2 Å². The molecule has 0 saturated heterocycles. The summed E-state index contributed by atoms with van der Waals surface area (Å²) in [5.74, 6) is 1.60. The smallest absolute Gasteiger partial charge is 0.224 e. The number of rotatable bonds is 9. The second-order valence-electron chi connectivity index (χ2n) is 7.10. The lowest BCUT2D eigenvalue weighted by Gasteiger charge is -2.15. The molecule has 1 amide bonds. The van der Waals surface area contributed by atoms with Gasteiger partial charge in [-0.1, -0.05) is 6.07 Å². The minimum atomic E-state index is -0.0834. The fourth-order valence-corrected chi connectivity index (χ4v) is 4.14. The van der Waals surface area contributed by atoms with Crippen LogP contribution in [-0.4, -0.2) is 37.2 Å². The third-order valence-corrected chi connectivity index (χ3v) is 5.59. The number of nitrogens with zero attached hydrogens (tertiary/aromatic N) is 2. The summed E-state index contributed by atoms with van der Waals surface area (Å²) in [5, 5.41) is 3.65. The molecule has 2 aromatic carbocycles. The lowest BCUT2D eigenvalue weighted by molar-refractivity contribution is -0.116. The summed E-state index contributed by atoms with van der Waals surface area (Å²) in [6.45, 7) is 3.91. The fraction of sp³-hybridized carbons (Fsp3) is 0.292. The number of ether oxygens (including phenoxy) is 3. The van der Waals surface area contributed by atoms with Crippen LogP contribution in [0.25, 0.3) is 0 Å². The Morgan fingerprint density at radius 1 is 0.906 bits per heavy atom. The van der Waals surface area contributed by atoms with E-state index >= 15 is 0 Å². The predicted molar refractivity (Wildman–Crippen MR) is 125 cm³/mol. The van der Waals surface area contributed by atoms with Crippen molar-refractivity contribution >= 4 is 23.4 Å². The standard InChI is InChI=1S/C24H27N3O4S/c1-15-14-16(2)26-24(25-15)32-19-10-8-18(9-11-19)27-21(28)13-7-17-6-12-20(29-3)23(31-5)22(17)30-4/h6,8-12,14H,7,13H2,1-5H3,(H,27,28). The zero-order valence-electron chi connectivity index (χ0n) is 18.9. The van der Waals surface area contributed by atoms with E-state index in [0.717, 1.165) is 27.5 Å². The number of carbonyl (C=O) groups is 1. The largest absolute Gasteiger partial charge is 0.493 e. The number of nitrogens with one attached hydrogen (secondary N) is 1. The van der Waals surface area contributed by atoms with Crippen molar-refractivity contribution in [2.45, 2.75) is 36.7 Å². The summed E-state index contributed by atoms with van der Waals surface area (Å²) in [4.78, 5) is 22.4. The van der Waals surface area contributed by atoms with Gasteiger partial charge in [0.25, 0.3) is 0 Å². The van der Waals surface area contributed by atoms with E-state index in [4.69, 9.17) is 14.2 Å². The SMILES string of the molecule is COc1ccc(CCC(=O)Nc2ccc(Sc3nc(C)cc(C)n3)cc2)c(OC)c1OC. The highest BCUT2D eigenvalue weighted by Crippen LogP contribution is 2.40. The lowest BCUT2D eigenvalue weighted by atomic mass is 10.1. The van der Waals surface area contributed by atoms with Crippen molar-refractivity contribution in [3.63, 3.8) is 0 Å². The minimum absolute atomic E-state index is 0.0834. The second kappa shape index (κ2) is 10.9. The van der Waals surface area contributed by atoms with Gasteiger partial charge in [0.05, 0.1) is 21.3 Å². The average Bonchev–Trinajstić information content (AvgIpc) is 2.77. The summed E-state index contributed by atoms with van der Waals surface area (Å²) in [6.07, 6.45) is 0.812. The van der Waals surface area contributed by atoms with Crippen LogP contribution in [0.4, 0.5) is 5.69 Å². The molecule has 8 heteroatoms. The lowest BCUT2D eigenvalue weighted by Crippen LogP contribution is -2.12. The Balaban J connectivity index is 1.60. The molecule has 1 N–H and O–H groups in total. The number of anilines is 1. The van der Waals surface area contributed by atoms with Crippen LogP contribution < -0.4 is 19.5 Å². The van der Waals surface area contributed by atoms with E-state index in [-0.39, 0.29) is 5.91 Å². The molecule has 32 heavy (non-hydrogen) atoms. The summed E-state index contributed by atoms with van der Waals surface area (Å²) in [7, 11) is 4.71. The van der Waals surface area contributed by atoms with Crippen LogP contribution in [0.1, 0.15) is 23.4 Å². The molecule has 0 aliphatic rings. The number of hydrogen-bond donors (Lipinski definition) is 1. The summed E-state index contributed by atoms with van der Waals surface area (Å²) in [5.41, 5.74) is 3.49. The molecule has 1 aromatic heterocycles. The van der Waals surface area contributed by atoms with Gasteiger partial charge in [0.15, 0.2) is 16.7 Å². The molecule has 1 heterocycles. The van der Waals surface area contributed by atoms with Gasteiger partial charge in [-0.05, 0) is 74.0 Å². The first-order chi connectivity index (χ1) is 15.4. The number of aryl methyl sites for hydroxylation is 3. The average molecular weight is 454 g/mol. The number of carbonyl (C=O) groups excluding carboxylic acids is 1. The molecular formula is C24H27N3O4S. The number of hydrogen-bond acceptors (Lipinski definition) is 7. The molecule has 3 aromatic rings. The summed E-state index contributed by atoms with van der Waals surface area (Å²) >= 11 is 1.49. The van der Waals surface area contributed by atoms with Crippen molar-refractivity contribution < 1.29 is 19.0 Å². The van der Waals surface area contributed by atoms with Crippen molar-refractivity contribution in [3.05, 3.63) is 59.4 Å². The fourth-order valence-electron chi connectivity index (χ4n) is 3.28. The first-order valence-electron chi connectivity index (χ1n) is 10.1. The number of benzene rings is 2. The van der Waals surface area contributed by atoms with Crippen LogP contribution in [0.2, 0.25) is 0 Å². The monoisotopic (exact) mass is 453 g/mol. The summed E-state index contributed by atoms with van der Waals surface area (Å²) in [6, 6.07) is 13.3. The highest BCUT2D eigenvalue weighted by molar-refractivity contribution is 7.99. The van der Waals surface area contributed by atoms with Crippen LogP contribution in [0.3, 0.4) is 0 Å².